The van der Waals surface area contributed by atoms with Crippen LogP contribution in [0.1, 0.15) is 11.3 Å². The number of fused-ring (bicyclic) bond motifs is 1. The van der Waals surface area contributed by atoms with Gasteiger partial charge in [0.1, 0.15) is 11.3 Å². The molecule has 7 heteroatoms. The molecule has 0 atom stereocenters. The van der Waals surface area contributed by atoms with Crippen molar-refractivity contribution in [2.45, 2.75) is 13.3 Å². The van der Waals surface area contributed by atoms with E-state index in [1.54, 1.807) is 6.07 Å². The lowest BCUT2D eigenvalue weighted by molar-refractivity contribution is 0.383. The van der Waals surface area contributed by atoms with Crippen LogP contribution in [0.15, 0.2) is 12.1 Å². The van der Waals surface area contributed by atoms with E-state index in [9.17, 15) is 4.39 Å². The van der Waals surface area contributed by atoms with E-state index in [2.05, 4.69) is 5.10 Å². The van der Waals surface area contributed by atoms with Gasteiger partial charge in [0.2, 0.25) is 5.88 Å². The molecule has 2 rings (SSSR count). The second-order valence-corrected chi connectivity index (χ2v) is 3.59. The van der Waals surface area contributed by atoms with Gasteiger partial charge in [0, 0.05) is 11.6 Å². The zero-order valence-corrected chi connectivity index (χ0v) is 11.8. The van der Waals surface area contributed by atoms with Gasteiger partial charge in [-0.25, -0.2) is 4.39 Å². The molecule has 0 fully saturated rings. The minimum atomic E-state index is -0.301. The Morgan fingerprint density at radius 2 is 2.06 bits per heavy atom. The third-order valence-electron chi connectivity index (χ3n) is 2.60. The summed E-state index contributed by atoms with van der Waals surface area (Å²) in [5, 5.41) is 4.26. The van der Waals surface area contributed by atoms with Crippen LogP contribution in [0.3, 0.4) is 0 Å². The summed E-state index contributed by atoms with van der Waals surface area (Å²) < 4.78 is 20.4. The molecule has 2 heterocycles. The molecule has 0 bridgehead atoms. The van der Waals surface area contributed by atoms with Crippen LogP contribution in [-0.4, -0.2) is 23.3 Å². The van der Waals surface area contributed by atoms with Gasteiger partial charge >= 0.3 is 0 Å². The summed E-state index contributed by atoms with van der Waals surface area (Å²) in [6.45, 7) is 2.32. The highest BCUT2D eigenvalue weighted by atomic mass is 35.5. The Labute approximate surface area is 117 Å². The second-order valence-electron chi connectivity index (χ2n) is 3.59. The fraction of sp³-hybridized carbons (Fsp3) is 0.364. The molecule has 0 aliphatic carbocycles. The van der Waals surface area contributed by atoms with Crippen LogP contribution >= 0.6 is 24.8 Å². The highest BCUT2D eigenvalue weighted by molar-refractivity contribution is 5.85. The number of pyridine rings is 1. The van der Waals surface area contributed by atoms with Crippen LogP contribution in [0.5, 0.6) is 5.88 Å². The van der Waals surface area contributed by atoms with Crippen molar-refractivity contribution in [2.75, 3.05) is 13.7 Å². The lowest BCUT2D eigenvalue weighted by atomic mass is 10.1. The number of nitrogens with two attached hydrogens (primary N) is 1. The molecule has 2 aromatic heterocycles. The van der Waals surface area contributed by atoms with Crippen LogP contribution in [0.4, 0.5) is 4.39 Å². The third kappa shape index (κ3) is 2.68. The number of nitrogens with zero attached hydrogens (tertiary/aromatic N) is 2. The molecular weight excluding hydrogens is 280 g/mol. The zero-order valence-electron chi connectivity index (χ0n) is 10.1. The first-order valence-corrected chi connectivity index (χ1v) is 5.09. The number of hydrogen-bond acceptors (Lipinski definition) is 3. The van der Waals surface area contributed by atoms with Crippen molar-refractivity contribution in [1.82, 2.24) is 9.61 Å². The van der Waals surface area contributed by atoms with E-state index in [0.29, 0.717) is 24.4 Å². The van der Waals surface area contributed by atoms with Crippen LogP contribution in [-0.2, 0) is 6.42 Å². The molecule has 0 spiro atoms. The zero-order chi connectivity index (χ0) is 11.7. The van der Waals surface area contributed by atoms with Gasteiger partial charge in [0.25, 0.3) is 0 Å². The van der Waals surface area contributed by atoms with Crippen molar-refractivity contribution in [2.24, 2.45) is 5.73 Å². The van der Waals surface area contributed by atoms with Gasteiger partial charge in [-0.1, -0.05) is 0 Å². The Kier molecular flexibility index (Phi) is 6.38. The molecular formula is C11H16Cl2FN3O. The lowest BCUT2D eigenvalue weighted by Crippen LogP contribution is -2.04. The summed E-state index contributed by atoms with van der Waals surface area (Å²) >= 11 is 0. The minimum Gasteiger partial charge on any atom is -0.481 e. The quantitative estimate of drug-likeness (QED) is 0.944. The maximum absolute atomic E-state index is 13.7. The molecule has 0 aliphatic heterocycles. The first-order chi connectivity index (χ1) is 7.69. The SMILES string of the molecule is COc1ccc(F)c2c(CCN)c(C)nn12.Cl.Cl. The van der Waals surface area contributed by atoms with Crippen molar-refractivity contribution < 1.29 is 9.13 Å². The molecule has 0 unspecified atom stereocenters. The first-order valence-electron chi connectivity index (χ1n) is 5.09. The van der Waals surface area contributed by atoms with E-state index in [1.165, 1.54) is 17.7 Å². The number of hydrogen-bond donors (Lipinski definition) is 1. The summed E-state index contributed by atoms with van der Waals surface area (Å²) in [5.74, 6) is 0.215. The number of ether oxygens (including phenoxy) is 1. The molecule has 2 N–H and O–H groups in total. The van der Waals surface area contributed by atoms with Crippen molar-refractivity contribution in [3.8, 4) is 5.88 Å². The lowest BCUT2D eigenvalue weighted by Gasteiger charge is -2.04. The monoisotopic (exact) mass is 295 g/mol. The average Bonchev–Trinajstić information content (AvgIpc) is 2.58. The predicted molar refractivity (Wildman–Crippen MR) is 73.7 cm³/mol. The Balaban J connectivity index is 0.00000144. The highest BCUT2D eigenvalue weighted by Gasteiger charge is 2.15. The van der Waals surface area contributed by atoms with Gasteiger partial charge in [-0.2, -0.15) is 9.61 Å². The minimum absolute atomic E-state index is 0. The van der Waals surface area contributed by atoms with Crippen LogP contribution in [0.2, 0.25) is 0 Å². The van der Waals surface area contributed by atoms with E-state index in [1.807, 2.05) is 6.92 Å². The summed E-state index contributed by atoms with van der Waals surface area (Å²) in [5.41, 5.74) is 7.60. The molecule has 0 aliphatic rings. The number of aromatic nitrogens is 2. The smallest absolute Gasteiger partial charge is 0.214 e. The summed E-state index contributed by atoms with van der Waals surface area (Å²) in [7, 11) is 1.53. The third-order valence-corrected chi connectivity index (χ3v) is 2.60. The van der Waals surface area contributed by atoms with Crippen LogP contribution in [0.25, 0.3) is 5.52 Å². The Hall–Kier alpha value is -1.04. The van der Waals surface area contributed by atoms with E-state index in [-0.39, 0.29) is 30.6 Å². The maximum Gasteiger partial charge on any atom is 0.214 e. The van der Waals surface area contributed by atoms with Gasteiger partial charge < -0.3 is 10.5 Å². The van der Waals surface area contributed by atoms with Crippen molar-refractivity contribution >= 4 is 30.3 Å². The van der Waals surface area contributed by atoms with Crippen molar-refractivity contribution in [3.63, 3.8) is 0 Å². The predicted octanol–water partition coefficient (Wildman–Crippen LogP) is 2.14. The molecule has 2 aromatic rings. The van der Waals surface area contributed by atoms with Crippen molar-refractivity contribution in [3.05, 3.63) is 29.2 Å². The van der Waals surface area contributed by atoms with E-state index in [0.717, 1.165) is 11.3 Å². The molecule has 0 saturated heterocycles. The Morgan fingerprint density at radius 3 is 2.61 bits per heavy atom. The second kappa shape index (κ2) is 6.78. The Bertz CT molecular complexity index is 530. The largest absolute Gasteiger partial charge is 0.481 e. The molecule has 0 aromatic carbocycles. The number of rotatable bonds is 3. The summed E-state index contributed by atoms with van der Waals surface area (Å²) in [6.07, 6.45) is 0.611. The molecule has 102 valence electrons. The van der Waals surface area contributed by atoms with Crippen LogP contribution < -0.4 is 10.5 Å². The number of halogens is 3. The van der Waals surface area contributed by atoms with Gasteiger partial charge in [0.05, 0.1) is 12.8 Å². The molecule has 0 radical (unpaired) electrons. The van der Waals surface area contributed by atoms with Crippen molar-refractivity contribution in [1.29, 1.82) is 0 Å². The normalized spacial score (nSPS) is 9.78. The fourth-order valence-corrected chi connectivity index (χ4v) is 1.86. The highest BCUT2D eigenvalue weighted by Crippen LogP contribution is 2.23. The van der Waals surface area contributed by atoms with Crippen LogP contribution in [0, 0.1) is 12.7 Å². The molecule has 0 saturated carbocycles. The summed E-state index contributed by atoms with van der Waals surface area (Å²) in [6, 6.07) is 2.94. The average molecular weight is 296 g/mol. The van der Waals surface area contributed by atoms with Gasteiger partial charge in [-0.15, -0.1) is 24.8 Å². The maximum atomic E-state index is 13.7. The first kappa shape index (κ1) is 17.0. The van der Waals surface area contributed by atoms with Gasteiger partial charge in [-0.05, 0) is 26.0 Å². The van der Waals surface area contributed by atoms with Gasteiger partial charge in [-0.3, -0.25) is 0 Å². The number of methoxy groups -OCH3 is 1. The number of aryl methyl sites for hydroxylation is 1. The molecule has 4 nitrogen and oxygen atoms in total. The van der Waals surface area contributed by atoms with E-state index >= 15 is 0 Å². The van der Waals surface area contributed by atoms with Gasteiger partial charge in [0.15, 0.2) is 0 Å². The topological polar surface area (TPSA) is 52.5 Å². The van der Waals surface area contributed by atoms with E-state index < -0.39 is 0 Å². The molecule has 18 heavy (non-hydrogen) atoms. The fourth-order valence-electron chi connectivity index (χ4n) is 1.86. The standard InChI is InChI=1S/C11H14FN3O.2ClH/c1-7-8(5-6-13)11-9(12)3-4-10(16-2)15(11)14-7;;/h3-4H,5-6,13H2,1-2H3;2*1H. The van der Waals surface area contributed by atoms with E-state index in [4.69, 9.17) is 10.5 Å². The molecule has 0 amide bonds. The Morgan fingerprint density at radius 1 is 1.39 bits per heavy atom. The summed E-state index contributed by atoms with van der Waals surface area (Å²) in [4.78, 5) is 0.